The van der Waals surface area contributed by atoms with E-state index in [-0.39, 0.29) is 17.2 Å². The average Bonchev–Trinajstić information content (AvgIpc) is 2.97. The summed E-state index contributed by atoms with van der Waals surface area (Å²) >= 11 is 1.49. The van der Waals surface area contributed by atoms with E-state index in [1.807, 2.05) is 29.8 Å². The van der Waals surface area contributed by atoms with Crippen LogP contribution in [0.1, 0.15) is 5.56 Å². The third-order valence-electron chi connectivity index (χ3n) is 4.63. The van der Waals surface area contributed by atoms with Crippen LogP contribution in [0.15, 0.2) is 70.6 Å². The number of carbonyl (C=O) groups is 1. The summed E-state index contributed by atoms with van der Waals surface area (Å²) in [5.41, 5.74) is 1.77. The maximum absolute atomic E-state index is 12.5. The zero-order chi connectivity index (χ0) is 19.9. The lowest BCUT2D eigenvalue weighted by Gasteiger charge is -2.01. The lowest BCUT2D eigenvalue weighted by atomic mass is 10.1. The van der Waals surface area contributed by atoms with Crippen molar-refractivity contribution in [3.63, 3.8) is 0 Å². The predicted octanol–water partition coefficient (Wildman–Crippen LogP) is 3.47. The van der Waals surface area contributed by atoms with Crippen molar-refractivity contribution in [2.45, 2.75) is 11.3 Å². The van der Waals surface area contributed by atoms with Crippen molar-refractivity contribution in [1.29, 1.82) is 0 Å². The van der Waals surface area contributed by atoms with Crippen LogP contribution < -0.4 is 4.80 Å². The van der Waals surface area contributed by atoms with E-state index in [2.05, 4.69) is 23.2 Å². The molecule has 0 aliphatic heterocycles. The van der Waals surface area contributed by atoms with Gasteiger partial charge in [0.1, 0.15) is 0 Å². The van der Waals surface area contributed by atoms with Gasteiger partial charge in [0.05, 0.1) is 21.5 Å². The number of nitrogens with zero attached hydrogens (tertiary/aromatic N) is 2. The second-order valence-electron chi connectivity index (χ2n) is 6.68. The van der Waals surface area contributed by atoms with Gasteiger partial charge in [-0.3, -0.25) is 4.79 Å². The van der Waals surface area contributed by atoms with Gasteiger partial charge in [-0.2, -0.15) is 4.99 Å². The number of carbonyl (C=O) groups excluding carboxylic acids is 1. The van der Waals surface area contributed by atoms with Crippen LogP contribution in [0.5, 0.6) is 0 Å². The third kappa shape index (κ3) is 3.50. The van der Waals surface area contributed by atoms with Crippen LogP contribution in [0.25, 0.3) is 21.0 Å². The average molecular weight is 411 g/mol. The van der Waals surface area contributed by atoms with Crippen LogP contribution in [0.3, 0.4) is 0 Å². The Hall–Kier alpha value is -2.77. The largest absolute Gasteiger partial charge is 0.319 e. The fourth-order valence-electron chi connectivity index (χ4n) is 3.14. The number of rotatable bonds is 3. The lowest BCUT2D eigenvalue weighted by Crippen LogP contribution is -2.14. The molecule has 142 valence electrons. The molecule has 0 spiro atoms. The van der Waals surface area contributed by atoms with Crippen LogP contribution in [0.4, 0.5) is 0 Å². The highest BCUT2D eigenvalue weighted by Gasteiger charge is 2.10. The third-order valence-corrected chi connectivity index (χ3v) is 6.94. The predicted molar refractivity (Wildman–Crippen MR) is 112 cm³/mol. The number of benzene rings is 3. The van der Waals surface area contributed by atoms with E-state index >= 15 is 0 Å². The Labute approximate surface area is 166 Å². The van der Waals surface area contributed by atoms with Gasteiger partial charge in [0.15, 0.2) is 14.6 Å². The highest BCUT2D eigenvalue weighted by Crippen LogP contribution is 2.27. The van der Waals surface area contributed by atoms with E-state index < -0.39 is 9.84 Å². The highest BCUT2D eigenvalue weighted by molar-refractivity contribution is 7.90. The molecule has 0 radical (unpaired) electrons. The molecule has 0 aliphatic carbocycles. The molecule has 7 heteroatoms. The maximum atomic E-state index is 12.5. The van der Waals surface area contributed by atoms with Gasteiger partial charge in [-0.1, -0.05) is 53.8 Å². The summed E-state index contributed by atoms with van der Waals surface area (Å²) in [5, 5.41) is 2.30. The summed E-state index contributed by atoms with van der Waals surface area (Å²) < 4.78 is 26.1. The second-order valence-corrected chi connectivity index (χ2v) is 9.67. The van der Waals surface area contributed by atoms with Gasteiger partial charge >= 0.3 is 0 Å². The first-order valence-electron chi connectivity index (χ1n) is 8.67. The van der Waals surface area contributed by atoms with Gasteiger partial charge in [-0.05, 0) is 29.1 Å². The number of sulfone groups is 1. The van der Waals surface area contributed by atoms with Gasteiger partial charge < -0.3 is 4.57 Å². The standard InChI is InChI=1S/C21H18N2O3S2/c1-23-18-12-9-15-5-3-4-6-17(15)20(18)27-21(23)22-19(24)13-14-7-10-16(11-8-14)28(2,25)26/h3-12H,13H2,1-2H3. The Balaban J connectivity index is 1.68. The molecule has 1 heterocycles. The molecule has 0 fully saturated rings. The van der Waals surface area contributed by atoms with Crippen molar-refractivity contribution in [3.05, 3.63) is 71.0 Å². The molecule has 4 rings (SSSR count). The normalized spacial score (nSPS) is 12.7. The van der Waals surface area contributed by atoms with Crippen molar-refractivity contribution in [2.24, 2.45) is 12.0 Å². The van der Waals surface area contributed by atoms with Crippen molar-refractivity contribution < 1.29 is 13.2 Å². The molecule has 0 saturated carbocycles. The van der Waals surface area contributed by atoms with Crippen molar-refractivity contribution in [1.82, 2.24) is 4.57 Å². The molecule has 28 heavy (non-hydrogen) atoms. The SMILES string of the molecule is Cn1c(=NC(=O)Cc2ccc(S(C)(=O)=O)cc2)sc2c3ccccc3ccc21. The molecule has 0 atom stereocenters. The number of hydrogen-bond acceptors (Lipinski definition) is 4. The maximum Gasteiger partial charge on any atom is 0.252 e. The first-order valence-corrected chi connectivity index (χ1v) is 11.4. The van der Waals surface area contributed by atoms with E-state index in [1.54, 1.807) is 12.1 Å². The second kappa shape index (κ2) is 7.00. The molecule has 4 aromatic rings. The van der Waals surface area contributed by atoms with Gasteiger partial charge in [-0.15, -0.1) is 0 Å². The molecular formula is C21H18N2O3S2. The number of aryl methyl sites for hydroxylation is 1. The van der Waals surface area contributed by atoms with Crippen LogP contribution in [0, 0.1) is 0 Å². The van der Waals surface area contributed by atoms with E-state index in [0.29, 0.717) is 4.80 Å². The zero-order valence-electron chi connectivity index (χ0n) is 15.4. The quantitative estimate of drug-likeness (QED) is 0.519. The summed E-state index contributed by atoms with van der Waals surface area (Å²) in [7, 11) is -1.34. The molecule has 0 bridgehead atoms. The topological polar surface area (TPSA) is 68.5 Å². The van der Waals surface area contributed by atoms with Gasteiger partial charge in [0.25, 0.3) is 5.91 Å². The van der Waals surface area contributed by atoms with E-state index in [0.717, 1.165) is 32.8 Å². The van der Waals surface area contributed by atoms with Crippen molar-refractivity contribution in [2.75, 3.05) is 6.26 Å². The van der Waals surface area contributed by atoms with Crippen LogP contribution in [-0.2, 0) is 28.1 Å². The van der Waals surface area contributed by atoms with Crippen LogP contribution in [0.2, 0.25) is 0 Å². The fraction of sp³-hybridized carbons (Fsp3) is 0.143. The van der Waals surface area contributed by atoms with Crippen LogP contribution in [-0.4, -0.2) is 25.1 Å². The Bertz CT molecular complexity index is 1380. The summed E-state index contributed by atoms with van der Waals surface area (Å²) in [5.74, 6) is -0.265. The van der Waals surface area contributed by atoms with Crippen molar-refractivity contribution in [3.8, 4) is 0 Å². The minimum atomic E-state index is -3.25. The van der Waals surface area contributed by atoms with Gasteiger partial charge in [0.2, 0.25) is 0 Å². The Morgan fingerprint density at radius 1 is 1.04 bits per heavy atom. The molecule has 0 saturated heterocycles. The van der Waals surface area contributed by atoms with Gasteiger partial charge in [-0.25, -0.2) is 8.42 Å². The summed E-state index contributed by atoms with van der Waals surface area (Å²) in [6.45, 7) is 0. The Kier molecular flexibility index (Phi) is 4.64. The van der Waals surface area contributed by atoms with Gasteiger partial charge in [0, 0.05) is 18.7 Å². The van der Waals surface area contributed by atoms with Crippen molar-refractivity contribution >= 4 is 48.1 Å². The molecule has 1 amide bonds. The molecule has 1 aromatic heterocycles. The van der Waals surface area contributed by atoms with E-state index in [4.69, 9.17) is 0 Å². The molecule has 0 aliphatic rings. The van der Waals surface area contributed by atoms with E-state index in [1.165, 1.54) is 23.5 Å². The summed E-state index contributed by atoms with van der Waals surface area (Å²) in [6, 6.07) is 18.6. The molecule has 3 aromatic carbocycles. The summed E-state index contributed by atoms with van der Waals surface area (Å²) in [6.07, 6.45) is 1.28. The minimum absolute atomic E-state index is 0.124. The first kappa shape index (κ1) is 18.6. The molecular weight excluding hydrogens is 392 g/mol. The number of aromatic nitrogens is 1. The highest BCUT2D eigenvalue weighted by atomic mass is 32.2. The number of fused-ring (bicyclic) bond motifs is 3. The smallest absolute Gasteiger partial charge is 0.252 e. The first-order chi connectivity index (χ1) is 13.3. The monoisotopic (exact) mass is 410 g/mol. The van der Waals surface area contributed by atoms with Crippen LogP contribution >= 0.6 is 11.3 Å². The summed E-state index contributed by atoms with van der Waals surface area (Å²) in [4.78, 5) is 17.6. The molecule has 0 unspecified atom stereocenters. The minimum Gasteiger partial charge on any atom is -0.319 e. The lowest BCUT2D eigenvalue weighted by molar-refractivity contribution is -0.117. The Morgan fingerprint density at radius 2 is 1.75 bits per heavy atom. The molecule has 5 nitrogen and oxygen atoms in total. The molecule has 0 N–H and O–H groups in total. The number of hydrogen-bond donors (Lipinski definition) is 0. The number of thiazole rings is 1. The fourth-order valence-corrected chi connectivity index (χ4v) is 4.94. The zero-order valence-corrected chi connectivity index (χ0v) is 17.0. The van der Waals surface area contributed by atoms with E-state index in [9.17, 15) is 13.2 Å². The Morgan fingerprint density at radius 3 is 2.46 bits per heavy atom. The number of amides is 1.